The number of phenolic OH excluding ortho intramolecular Hbond substituents is 1. The number of fused-ring (bicyclic) bond motifs is 2. The summed E-state index contributed by atoms with van der Waals surface area (Å²) in [5.74, 6) is 1.15. The molecule has 3 aliphatic rings. The van der Waals surface area contributed by atoms with Gasteiger partial charge in [0.1, 0.15) is 17.7 Å². The first-order chi connectivity index (χ1) is 18.5. The van der Waals surface area contributed by atoms with Gasteiger partial charge < -0.3 is 29.4 Å². The van der Waals surface area contributed by atoms with Gasteiger partial charge in [0.2, 0.25) is 5.91 Å². The Bertz CT molecular complexity index is 1370. The summed E-state index contributed by atoms with van der Waals surface area (Å²) in [6.07, 6.45) is 3.19. The molecule has 1 unspecified atom stereocenters. The molecular formula is C29H34N6O3. The lowest BCUT2D eigenvalue weighted by Gasteiger charge is -2.38. The predicted octanol–water partition coefficient (Wildman–Crippen LogP) is 2.82. The Morgan fingerprint density at radius 3 is 2.66 bits per heavy atom. The van der Waals surface area contributed by atoms with Gasteiger partial charge in [0.25, 0.3) is 0 Å². The standard InChI is InChI=1S/C29H34N6O3/c1-3-27(37)33-12-14-34(15-13-33)28-24-9-11-35(26-17-21(36)16-20-6-4-5-7-23(20)26)19-25(24)30-29(31-28)38-22-8-10-32(2)18-22/h3-7,16-17,22,36H,1,8-15,18-19H2,2H3. The van der Waals surface area contributed by atoms with Crippen molar-refractivity contribution in [1.29, 1.82) is 0 Å². The van der Waals surface area contributed by atoms with E-state index in [1.54, 1.807) is 6.07 Å². The fourth-order valence-electron chi connectivity index (χ4n) is 5.85. The average molecular weight is 515 g/mol. The van der Waals surface area contributed by atoms with Crippen molar-refractivity contribution in [3.8, 4) is 11.8 Å². The normalized spacial score (nSPS) is 20.0. The highest BCUT2D eigenvalue weighted by atomic mass is 16.5. The van der Waals surface area contributed by atoms with Gasteiger partial charge in [-0.2, -0.15) is 9.97 Å². The van der Waals surface area contributed by atoms with Crippen LogP contribution in [0.25, 0.3) is 10.8 Å². The van der Waals surface area contributed by atoms with E-state index in [4.69, 9.17) is 14.7 Å². The number of hydrogen-bond donors (Lipinski definition) is 1. The summed E-state index contributed by atoms with van der Waals surface area (Å²) in [5.41, 5.74) is 3.10. The van der Waals surface area contributed by atoms with Crippen molar-refractivity contribution in [2.45, 2.75) is 25.5 Å². The maximum absolute atomic E-state index is 12.1. The number of hydrogen-bond acceptors (Lipinski definition) is 8. The molecule has 1 amide bonds. The minimum absolute atomic E-state index is 0.0299. The molecule has 0 spiro atoms. The number of aromatic hydroxyl groups is 1. The van der Waals surface area contributed by atoms with E-state index in [-0.39, 0.29) is 17.8 Å². The van der Waals surface area contributed by atoms with Gasteiger partial charge in [-0.1, -0.05) is 30.8 Å². The van der Waals surface area contributed by atoms with E-state index in [1.807, 2.05) is 29.2 Å². The Morgan fingerprint density at radius 1 is 1.08 bits per heavy atom. The molecule has 0 saturated carbocycles. The Balaban J connectivity index is 1.33. The molecular weight excluding hydrogens is 480 g/mol. The molecule has 2 fully saturated rings. The first kappa shape index (κ1) is 24.5. The van der Waals surface area contributed by atoms with Crippen molar-refractivity contribution in [3.05, 3.63) is 60.3 Å². The molecule has 1 atom stereocenters. The topological polar surface area (TPSA) is 85.3 Å². The largest absolute Gasteiger partial charge is 0.508 e. The maximum atomic E-state index is 12.1. The second kappa shape index (κ2) is 10.1. The quantitative estimate of drug-likeness (QED) is 0.521. The zero-order valence-electron chi connectivity index (χ0n) is 21.8. The molecule has 3 aliphatic heterocycles. The lowest BCUT2D eigenvalue weighted by molar-refractivity contribution is -0.126. The third-order valence-corrected chi connectivity index (χ3v) is 7.87. The number of ether oxygens (including phenoxy) is 1. The smallest absolute Gasteiger partial charge is 0.318 e. The number of rotatable bonds is 5. The summed E-state index contributed by atoms with van der Waals surface area (Å²) in [6.45, 7) is 9.56. The van der Waals surface area contributed by atoms with Crippen LogP contribution in [-0.4, -0.2) is 89.7 Å². The number of carbonyl (C=O) groups is 1. The molecule has 6 rings (SSSR count). The first-order valence-corrected chi connectivity index (χ1v) is 13.4. The Morgan fingerprint density at radius 2 is 1.89 bits per heavy atom. The van der Waals surface area contributed by atoms with Crippen LogP contribution in [-0.2, 0) is 17.8 Å². The first-order valence-electron chi connectivity index (χ1n) is 13.4. The number of anilines is 2. The molecule has 9 heteroatoms. The minimum atomic E-state index is -0.0299. The van der Waals surface area contributed by atoms with E-state index < -0.39 is 0 Å². The van der Waals surface area contributed by atoms with Crippen LogP contribution in [0, 0.1) is 0 Å². The number of phenols is 1. The molecule has 4 heterocycles. The second-order valence-electron chi connectivity index (χ2n) is 10.4. The van der Waals surface area contributed by atoms with Crippen molar-refractivity contribution >= 4 is 28.2 Å². The summed E-state index contributed by atoms with van der Waals surface area (Å²) in [7, 11) is 2.10. The second-order valence-corrected chi connectivity index (χ2v) is 10.4. The number of likely N-dealkylation sites (tertiary alicyclic amines) is 1. The monoisotopic (exact) mass is 514 g/mol. The highest BCUT2D eigenvalue weighted by Crippen LogP contribution is 2.36. The molecule has 9 nitrogen and oxygen atoms in total. The molecule has 198 valence electrons. The summed E-state index contributed by atoms with van der Waals surface area (Å²) in [4.78, 5) is 30.6. The summed E-state index contributed by atoms with van der Waals surface area (Å²) >= 11 is 0. The number of amides is 1. The fourth-order valence-corrected chi connectivity index (χ4v) is 5.85. The number of aromatic nitrogens is 2. The third kappa shape index (κ3) is 4.74. The highest BCUT2D eigenvalue weighted by molar-refractivity contribution is 5.95. The Hall–Kier alpha value is -3.85. The average Bonchev–Trinajstić information content (AvgIpc) is 3.35. The van der Waals surface area contributed by atoms with E-state index in [2.05, 4.69) is 34.4 Å². The molecule has 1 N–H and O–H groups in total. The lowest BCUT2D eigenvalue weighted by atomic mass is 10.0. The Kier molecular flexibility index (Phi) is 6.53. The van der Waals surface area contributed by atoms with Crippen molar-refractivity contribution < 1.29 is 14.6 Å². The van der Waals surface area contributed by atoms with Gasteiger partial charge in [0.05, 0.1) is 12.2 Å². The Labute approximate surface area is 222 Å². The summed E-state index contributed by atoms with van der Waals surface area (Å²) < 4.78 is 6.32. The van der Waals surface area contributed by atoms with Crippen molar-refractivity contribution in [2.24, 2.45) is 0 Å². The van der Waals surface area contributed by atoms with Gasteiger partial charge in [-0.05, 0) is 37.4 Å². The molecule has 1 aromatic heterocycles. The number of carbonyl (C=O) groups excluding carboxylic acids is 1. The minimum Gasteiger partial charge on any atom is -0.508 e. The van der Waals surface area contributed by atoms with Crippen LogP contribution in [0.15, 0.2) is 49.1 Å². The predicted molar refractivity (Wildman–Crippen MR) is 148 cm³/mol. The number of benzene rings is 2. The highest BCUT2D eigenvalue weighted by Gasteiger charge is 2.30. The van der Waals surface area contributed by atoms with Gasteiger partial charge in [0.15, 0.2) is 0 Å². The van der Waals surface area contributed by atoms with Crippen molar-refractivity contribution in [3.63, 3.8) is 0 Å². The van der Waals surface area contributed by atoms with Gasteiger partial charge in [0, 0.05) is 68.5 Å². The number of nitrogens with zero attached hydrogens (tertiary/aromatic N) is 6. The van der Waals surface area contributed by atoms with Gasteiger partial charge >= 0.3 is 6.01 Å². The zero-order valence-corrected chi connectivity index (χ0v) is 21.8. The summed E-state index contributed by atoms with van der Waals surface area (Å²) in [6, 6.07) is 12.2. The molecule has 2 saturated heterocycles. The van der Waals surface area contributed by atoms with Crippen LogP contribution in [0.4, 0.5) is 11.5 Å². The van der Waals surface area contributed by atoms with E-state index in [1.165, 1.54) is 6.08 Å². The zero-order chi connectivity index (χ0) is 26.2. The van der Waals surface area contributed by atoms with Crippen LogP contribution in [0.1, 0.15) is 17.7 Å². The maximum Gasteiger partial charge on any atom is 0.318 e. The van der Waals surface area contributed by atoms with E-state index in [9.17, 15) is 9.90 Å². The molecule has 0 radical (unpaired) electrons. The number of likely N-dealkylation sites (N-methyl/N-ethyl adjacent to an activating group) is 1. The van der Waals surface area contributed by atoms with Crippen LogP contribution in [0.3, 0.4) is 0 Å². The fraction of sp³-hybridized carbons (Fsp3) is 0.414. The third-order valence-electron chi connectivity index (χ3n) is 7.87. The van der Waals surface area contributed by atoms with Crippen LogP contribution >= 0.6 is 0 Å². The molecule has 3 aromatic rings. The van der Waals surface area contributed by atoms with Crippen molar-refractivity contribution in [2.75, 3.05) is 62.7 Å². The SMILES string of the molecule is C=CC(=O)N1CCN(c2nc(OC3CCN(C)C3)nc3c2CCN(c2cc(O)cc4ccccc24)C3)CC1. The van der Waals surface area contributed by atoms with Gasteiger partial charge in [-0.25, -0.2) is 0 Å². The van der Waals surface area contributed by atoms with E-state index in [0.717, 1.165) is 66.0 Å². The van der Waals surface area contributed by atoms with Crippen LogP contribution < -0.4 is 14.5 Å². The molecule has 38 heavy (non-hydrogen) atoms. The molecule has 0 bridgehead atoms. The van der Waals surface area contributed by atoms with Crippen molar-refractivity contribution in [1.82, 2.24) is 19.8 Å². The lowest BCUT2D eigenvalue weighted by Crippen LogP contribution is -2.49. The molecule has 0 aliphatic carbocycles. The summed E-state index contributed by atoms with van der Waals surface area (Å²) in [5, 5.41) is 12.6. The van der Waals surface area contributed by atoms with E-state index >= 15 is 0 Å². The van der Waals surface area contributed by atoms with Crippen LogP contribution in [0.2, 0.25) is 0 Å². The van der Waals surface area contributed by atoms with Crippen LogP contribution in [0.5, 0.6) is 11.8 Å². The van der Waals surface area contributed by atoms with Gasteiger partial charge in [-0.15, -0.1) is 0 Å². The number of piperazine rings is 1. The van der Waals surface area contributed by atoms with Gasteiger partial charge in [-0.3, -0.25) is 4.79 Å². The molecule has 2 aromatic carbocycles. The van der Waals surface area contributed by atoms with E-state index in [0.29, 0.717) is 38.7 Å².